The number of carboxylic acids is 1. The molecule has 1 heterocycles. The number of hydrogen-bond acceptors (Lipinski definition) is 3. The Balaban J connectivity index is 2.52. The van der Waals surface area contributed by atoms with E-state index >= 15 is 0 Å². The van der Waals surface area contributed by atoms with E-state index in [1.54, 1.807) is 6.92 Å². The average Bonchev–Trinajstić information content (AvgIpc) is 2.37. The van der Waals surface area contributed by atoms with Gasteiger partial charge in [0.25, 0.3) is 0 Å². The Morgan fingerprint density at radius 3 is 2.25 bits per heavy atom. The number of nitrogens with zero attached hydrogens (tertiary/aromatic N) is 2. The molecule has 0 bridgehead atoms. The molecule has 0 atom stereocenters. The molecule has 0 aliphatic heterocycles. The highest BCUT2D eigenvalue weighted by Crippen LogP contribution is 2.26. The van der Waals surface area contributed by atoms with E-state index in [0.29, 0.717) is 11.5 Å². The van der Waals surface area contributed by atoms with Crippen molar-refractivity contribution in [1.29, 1.82) is 0 Å². The molecular weight excluding hydrogens is 252 g/mol. The predicted molar refractivity (Wildman–Crippen MR) is 77.9 cm³/mol. The van der Waals surface area contributed by atoms with Gasteiger partial charge >= 0.3 is 5.97 Å². The Hall–Kier alpha value is -2.23. The Bertz CT molecular complexity index is 641. The van der Waals surface area contributed by atoms with Crippen molar-refractivity contribution < 1.29 is 9.90 Å². The molecule has 0 unspecified atom stereocenters. The van der Waals surface area contributed by atoms with Gasteiger partial charge in [-0.25, -0.2) is 14.8 Å². The van der Waals surface area contributed by atoms with Gasteiger partial charge in [-0.15, -0.1) is 0 Å². The number of carboxylic acid groups (broad SMARTS) is 1. The van der Waals surface area contributed by atoms with Gasteiger partial charge in [-0.3, -0.25) is 0 Å². The fraction of sp³-hybridized carbons (Fsp3) is 0.312. The molecule has 0 aliphatic carbocycles. The summed E-state index contributed by atoms with van der Waals surface area (Å²) in [5, 5.41) is 9.22. The van der Waals surface area contributed by atoms with Crippen LogP contribution in [-0.2, 0) is 5.41 Å². The summed E-state index contributed by atoms with van der Waals surface area (Å²) in [6.45, 7) is 8.16. The van der Waals surface area contributed by atoms with E-state index in [0.717, 1.165) is 5.56 Å². The van der Waals surface area contributed by atoms with E-state index in [1.807, 2.05) is 24.3 Å². The zero-order chi connectivity index (χ0) is 14.9. The Morgan fingerprint density at radius 2 is 1.75 bits per heavy atom. The van der Waals surface area contributed by atoms with E-state index in [-0.39, 0.29) is 11.0 Å². The van der Waals surface area contributed by atoms with Crippen molar-refractivity contribution in [2.45, 2.75) is 33.1 Å². The first-order chi connectivity index (χ1) is 9.29. The lowest BCUT2D eigenvalue weighted by molar-refractivity contribution is 0.0697. The van der Waals surface area contributed by atoms with Crippen molar-refractivity contribution in [3.8, 4) is 11.3 Å². The minimum Gasteiger partial charge on any atom is -0.478 e. The van der Waals surface area contributed by atoms with Crippen molar-refractivity contribution in [2.24, 2.45) is 0 Å². The molecule has 2 aromatic rings. The fourth-order valence-corrected chi connectivity index (χ4v) is 1.97. The molecule has 4 nitrogen and oxygen atoms in total. The van der Waals surface area contributed by atoms with Gasteiger partial charge in [0.2, 0.25) is 0 Å². The van der Waals surface area contributed by atoms with Gasteiger partial charge in [0, 0.05) is 11.8 Å². The minimum absolute atomic E-state index is 0.0652. The third kappa shape index (κ3) is 2.85. The van der Waals surface area contributed by atoms with Crippen molar-refractivity contribution >= 4 is 5.97 Å². The second-order valence-corrected chi connectivity index (χ2v) is 5.81. The van der Waals surface area contributed by atoms with Crippen molar-refractivity contribution in [3.63, 3.8) is 0 Å². The third-order valence-corrected chi connectivity index (χ3v) is 3.16. The van der Waals surface area contributed by atoms with E-state index in [1.165, 1.54) is 11.8 Å². The Kier molecular flexibility index (Phi) is 3.57. The van der Waals surface area contributed by atoms with Crippen LogP contribution in [0, 0.1) is 6.92 Å². The van der Waals surface area contributed by atoms with Gasteiger partial charge in [-0.05, 0) is 17.9 Å². The van der Waals surface area contributed by atoms with Crippen LogP contribution in [0.4, 0.5) is 0 Å². The highest BCUT2D eigenvalue weighted by molar-refractivity contribution is 5.94. The molecule has 0 aliphatic rings. The molecule has 1 aromatic carbocycles. The zero-order valence-electron chi connectivity index (χ0n) is 12.1. The molecule has 0 saturated carbocycles. The minimum atomic E-state index is -1.01. The van der Waals surface area contributed by atoms with Gasteiger partial charge in [0.15, 0.2) is 0 Å². The second-order valence-electron chi connectivity index (χ2n) is 5.81. The number of carbonyl (C=O) groups is 1. The van der Waals surface area contributed by atoms with Crippen LogP contribution in [0.3, 0.4) is 0 Å². The number of rotatable bonds is 2. The molecule has 0 amide bonds. The number of aromatic carboxylic acids is 1. The van der Waals surface area contributed by atoms with Crippen LogP contribution < -0.4 is 0 Å². The molecular formula is C16H18N2O2. The third-order valence-electron chi connectivity index (χ3n) is 3.16. The first kappa shape index (κ1) is 14.2. The number of aromatic nitrogens is 2. The smallest absolute Gasteiger partial charge is 0.339 e. The first-order valence-electron chi connectivity index (χ1n) is 6.47. The lowest BCUT2D eigenvalue weighted by atomic mass is 9.86. The molecule has 4 heteroatoms. The Morgan fingerprint density at radius 1 is 1.15 bits per heavy atom. The molecule has 1 aromatic heterocycles. The van der Waals surface area contributed by atoms with Gasteiger partial charge in [-0.2, -0.15) is 0 Å². The molecule has 0 fully saturated rings. The summed E-state index contributed by atoms with van der Waals surface area (Å²) in [7, 11) is 0. The summed E-state index contributed by atoms with van der Waals surface area (Å²) in [4.78, 5) is 19.5. The summed E-state index contributed by atoms with van der Waals surface area (Å²) < 4.78 is 0. The lowest BCUT2D eigenvalue weighted by Gasteiger charge is -2.19. The average molecular weight is 270 g/mol. The molecule has 1 N–H and O–H groups in total. The van der Waals surface area contributed by atoms with Gasteiger partial charge in [0.1, 0.15) is 11.4 Å². The maximum absolute atomic E-state index is 11.3. The lowest BCUT2D eigenvalue weighted by Crippen LogP contribution is -2.10. The normalized spacial score (nSPS) is 11.4. The highest BCUT2D eigenvalue weighted by Gasteiger charge is 2.16. The number of hydrogen-bond donors (Lipinski definition) is 1. The SMILES string of the molecule is Cc1ncc(C(=O)O)c(-c2ccc(C(C)(C)C)cc2)n1. The molecule has 2 rings (SSSR count). The topological polar surface area (TPSA) is 63.1 Å². The highest BCUT2D eigenvalue weighted by atomic mass is 16.4. The van der Waals surface area contributed by atoms with Crippen LogP contribution in [0.2, 0.25) is 0 Å². The van der Waals surface area contributed by atoms with Gasteiger partial charge < -0.3 is 5.11 Å². The van der Waals surface area contributed by atoms with Crippen LogP contribution in [0.25, 0.3) is 11.3 Å². The fourth-order valence-electron chi connectivity index (χ4n) is 1.97. The first-order valence-corrected chi connectivity index (χ1v) is 6.47. The second kappa shape index (κ2) is 5.04. The maximum atomic E-state index is 11.3. The van der Waals surface area contributed by atoms with E-state index in [9.17, 15) is 9.90 Å². The van der Waals surface area contributed by atoms with Crippen molar-refractivity contribution in [3.05, 3.63) is 47.4 Å². The van der Waals surface area contributed by atoms with E-state index < -0.39 is 5.97 Å². The molecule has 20 heavy (non-hydrogen) atoms. The monoisotopic (exact) mass is 270 g/mol. The summed E-state index contributed by atoms with van der Waals surface area (Å²) in [5.74, 6) is -0.454. The van der Waals surface area contributed by atoms with Crippen molar-refractivity contribution in [1.82, 2.24) is 9.97 Å². The quantitative estimate of drug-likeness (QED) is 0.907. The largest absolute Gasteiger partial charge is 0.478 e. The zero-order valence-corrected chi connectivity index (χ0v) is 12.1. The van der Waals surface area contributed by atoms with Crippen LogP contribution >= 0.6 is 0 Å². The summed E-state index contributed by atoms with van der Waals surface area (Å²) in [5.41, 5.74) is 2.64. The van der Waals surface area contributed by atoms with Gasteiger partial charge in [-0.1, -0.05) is 45.0 Å². The summed E-state index contributed by atoms with van der Waals surface area (Å²) >= 11 is 0. The van der Waals surface area contributed by atoms with Gasteiger partial charge in [0.05, 0.1) is 5.69 Å². The van der Waals surface area contributed by atoms with E-state index in [2.05, 4.69) is 30.7 Å². The van der Waals surface area contributed by atoms with Crippen LogP contribution in [0.15, 0.2) is 30.5 Å². The van der Waals surface area contributed by atoms with Crippen molar-refractivity contribution in [2.75, 3.05) is 0 Å². The molecule has 0 spiro atoms. The Labute approximate surface area is 118 Å². The molecule has 0 saturated heterocycles. The predicted octanol–water partition coefficient (Wildman–Crippen LogP) is 3.45. The van der Waals surface area contributed by atoms with Crippen LogP contribution in [0.5, 0.6) is 0 Å². The summed E-state index contributed by atoms with van der Waals surface area (Å²) in [6.07, 6.45) is 1.36. The standard InChI is InChI=1S/C16H18N2O2/c1-10-17-9-13(15(19)20)14(18-10)11-5-7-12(8-6-11)16(2,3)4/h5-9H,1-4H3,(H,19,20). The van der Waals surface area contributed by atoms with Crippen LogP contribution in [0.1, 0.15) is 42.5 Å². The molecule has 104 valence electrons. The number of benzene rings is 1. The molecule has 0 radical (unpaired) electrons. The number of aryl methyl sites for hydroxylation is 1. The summed E-state index contributed by atoms with van der Waals surface area (Å²) in [6, 6.07) is 7.85. The van der Waals surface area contributed by atoms with E-state index in [4.69, 9.17) is 0 Å². The maximum Gasteiger partial charge on any atom is 0.339 e. The van der Waals surface area contributed by atoms with Crippen LogP contribution in [-0.4, -0.2) is 21.0 Å².